The van der Waals surface area contributed by atoms with Crippen molar-refractivity contribution in [1.29, 1.82) is 0 Å². The Bertz CT molecular complexity index is 792. The molecular formula is C17H19Cl2NO3S. The van der Waals surface area contributed by atoms with Crippen molar-refractivity contribution >= 4 is 33.0 Å². The molecule has 0 unspecified atom stereocenters. The molecule has 0 fully saturated rings. The second kappa shape index (κ2) is 8.21. The van der Waals surface area contributed by atoms with E-state index < -0.39 is 9.84 Å². The molecule has 0 atom stereocenters. The van der Waals surface area contributed by atoms with Crippen LogP contribution in [0, 0.1) is 0 Å². The molecule has 0 N–H and O–H groups in total. The molecular weight excluding hydrogens is 369 g/mol. The molecule has 0 saturated heterocycles. The Morgan fingerprint density at radius 1 is 1.08 bits per heavy atom. The lowest BCUT2D eigenvalue weighted by molar-refractivity contribution is 0.345. The maximum atomic E-state index is 12.5. The largest absolute Gasteiger partial charge is 0.497 e. The van der Waals surface area contributed by atoms with Crippen molar-refractivity contribution in [3.63, 3.8) is 0 Å². The summed E-state index contributed by atoms with van der Waals surface area (Å²) in [4.78, 5) is 2.02. The molecule has 0 aliphatic carbocycles. The Kier molecular flexibility index (Phi) is 6.52. The van der Waals surface area contributed by atoms with E-state index in [0.717, 1.165) is 11.3 Å². The van der Waals surface area contributed by atoms with Gasteiger partial charge < -0.3 is 9.64 Å². The molecule has 0 aromatic heterocycles. The van der Waals surface area contributed by atoms with Crippen molar-refractivity contribution in [1.82, 2.24) is 4.90 Å². The first kappa shape index (κ1) is 19.1. The minimum atomic E-state index is -3.49. The standard InChI is InChI=1S/C17H19Cl2NO3S/c1-20(12-13-3-6-15(23-2)7-4-13)9-10-24(21,22)17-11-14(18)5-8-16(17)19/h3-8,11H,9-10,12H2,1-2H3. The summed E-state index contributed by atoms with van der Waals surface area (Å²) in [6.07, 6.45) is 0. The number of ether oxygens (including phenoxy) is 1. The van der Waals surface area contributed by atoms with Gasteiger partial charge in [0.25, 0.3) is 0 Å². The van der Waals surface area contributed by atoms with Crippen molar-refractivity contribution in [2.45, 2.75) is 11.4 Å². The van der Waals surface area contributed by atoms with Crippen LogP contribution in [0.5, 0.6) is 5.75 Å². The van der Waals surface area contributed by atoms with Gasteiger partial charge >= 0.3 is 0 Å². The Balaban J connectivity index is 1.99. The Morgan fingerprint density at radius 3 is 2.38 bits per heavy atom. The van der Waals surface area contributed by atoms with Gasteiger partial charge in [-0.25, -0.2) is 8.42 Å². The van der Waals surface area contributed by atoms with Crippen LogP contribution in [-0.2, 0) is 16.4 Å². The maximum Gasteiger partial charge on any atom is 0.181 e. The first-order valence-electron chi connectivity index (χ1n) is 7.31. The SMILES string of the molecule is COc1ccc(CN(C)CCS(=O)(=O)c2cc(Cl)ccc2Cl)cc1. The average molecular weight is 388 g/mol. The third-order valence-corrected chi connectivity index (χ3v) is 5.99. The monoisotopic (exact) mass is 387 g/mol. The number of hydrogen-bond acceptors (Lipinski definition) is 4. The fraction of sp³-hybridized carbons (Fsp3) is 0.294. The van der Waals surface area contributed by atoms with E-state index in [9.17, 15) is 8.42 Å². The molecule has 4 nitrogen and oxygen atoms in total. The predicted molar refractivity (Wildman–Crippen MR) is 97.8 cm³/mol. The lowest BCUT2D eigenvalue weighted by Gasteiger charge is -2.17. The molecule has 2 rings (SSSR count). The van der Waals surface area contributed by atoms with E-state index >= 15 is 0 Å². The fourth-order valence-electron chi connectivity index (χ4n) is 2.22. The summed E-state index contributed by atoms with van der Waals surface area (Å²) in [7, 11) is 0.00283. The van der Waals surface area contributed by atoms with Crippen LogP contribution >= 0.6 is 23.2 Å². The zero-order valence-electron chi connectivity index (χ0n) is 13.5. The molecule has 7 heteroatoms. The molecule has 0 bridgehead atoms. The number of sulfone groups is 1. The minimum absolute atomic E-state index is 0.0281. The molecule has 0 aliphatic rings. The van der Waals surface area contributed by atoms with Gasteiger partial charge in [-0.2, -0.15) is 0 Å². The highest BCUT2D eigenvalue weighted by molar-refractivity contribution is 7.91. The summed E-state index contributed by atoms with van der Waals surface area (Å²) in [5.74, 6) is 0.763. The van der Waals surface area contributed by atoms with E-state index in [4.69, 9.17) is 27.9 Å². The predicted octanol–water partition coefficient (Wildman–Crippen LogP) is 3.91. The van der Waals surface area contributed by atoms with Crippen LogP contribution in [0.3, 0.4) is 0 Å². The number of halogens is 2. The second-order valence-electron chi connectivity index (χ2n) is 5.48. The Labute approximate surface area is 152 Å². The van der Waals surface area contributed by atoms with Gasteiger partial charge in [0.05, 0.1) is 22.8 Å². The number of nitrogens with zero attached hydrogens (tertiary/aromatic N) is 1. The van der Waals surface area contributed by atoms with Gasteiger partial charge in [-0.3, -0.25) is 0 Å². The first-order chi connectivity index (χ1) is 11.3. The molecule has 130 valence electrons. The van der Waals surface area contributed by atoms with Crippen LogP contribution in [0.25, 0.3) is 0 Å². The molecule has 0 heterocycles. The Morgan fingerprint density at radius 2 is 1.75 bits per heavy atom. The zero-order chi connectivity index (χ0) is 17.7. The quantitative estimate of drug-likeness (QED) is 0.722. The number of methoxy groups -OCH3 is 1. The van der Waals surface area contributed by atoms with Gasteiger partial charge in [-0.15, -0.1) is 0 Å². The summed E-state index contributed by atoms with van der Waals surface area (Å²) in [5, 5.41) is 0.543. The van der Waals surface area contributed by atoms with Crippen LogP contribution in [0.1, 0.15) is 5.56 Å². The molecule has 2 aromatic carbocycles. The number of hydrogen-bond donors (Lipinski definition) is 0. The molecule has 2 aromatic rings. The topological polar surface area (TPSA) is 46.6 Å². The molecule has 0 spiro atoms. The zero-order valence-corrected chi connectivity index (χ0v) is 15.8. The highest BCUT2D eigenvalue weighted by Gasteiger charge is 2.19. The van der Waals surface area contributed by atoms with Crippen molar-refractivity contribution < 1.29 is 13.2 Å². The molecule has 0 amide bonds. The molecule has 0 aliphatic heterocycles. The summed E-state index contributed by atoms with van der Waals surface area (Å²) in [5.41, 5.74) is 1.08. The lowest BCUT2D eigenvalue weighted by atomic mass is 10.2. The first-order valence-corrected chi connectivity index (χ1v) is 9.72. The number of benzene rings is 2. The minimum Gasteiger partial charge on any atom is -0.497 e. The highest BCUT2D eigenvalue weighted by Crippen LogP contribution is 2.26. The van der Waals surface area contributed by atoms with E-state index in [1.807, 2.05) is 36.2 Å². The van der Waals surface area contributed by atoms with Crippen LogP contribution in [-0.4, -0.2) is 39.8 Å². The van der Waals surface area contributed by atoms with E-state index in [2.05, 4.69) is 0 Å². The lowest BCUT2D eigenvalue weighted by Crippen LogP contribution is -2.25. The van der Waals surface area contributed by atoms with Gasteiger partial charge in [0.1, 0.15) is 5.75 Å². The van der Waals surface area contributed by atoms with E-state index in [1.165, 1.54) is 12.1 Å². The van der Waals surface area contributed by atoms with Crippen LogP contribution < -0.4 is 4.74 Å². The third-order valence-electron chi connectivity index (χ3n) is 3.58. The van der Waals surface area contributed by atoms with Gasteiger partial charge in [0.2, 0.25) is 0 Å². The van der Waals surface area contributed by atoms with Gasteiger partial charge in [-0.1, -0.05) is 35.3 Å². The summed E-state index contributed by atoms with van der Waals surface area (Å²) < 4.78 is 30.0. The van der Waals surface area contributed by atoms with Crippen molar-refractivity contribution in [3.05, 3.63) is 58.1 Å². The van der Waals surface area contributed by atoms with Gasteiger partial charge in [0, 0.05) is 18.1 Å². The normalized spacial score (nSPS) is 11.7. The van der Waals surface area contributed by atoms with Crippen LogP contribution in [0.15, 0.2) is 47.4 Å². The maximum absolute atomic E-state index is 12.5. The van der Waals surface area contributed by atoms with Crippen molar-refractivity contribution in [2.75, 3.05) is 26.5 Å². The number of rotatable bonds is 7. The van der Waals surface area contributed by atoms with Crippen LogP contribution in [0.2, 0.25) is 10.0 Å². The van der Waals surface area contributed by atoms with Crippen LogP contribution in [0.4, 0.5) is 0 Å². The Hall–Kier alpha value is -1.27. The van der Waals surface area contributed by atoms with E-state index in [1.54, 1.807) is 13.2 Å². The van der Waals surface area contributed by atoms with E-state index in [-0.39, 0.29) is 15.7 Å². The van der Waals surface area contributed by atoms with Crippen molar-refractivity contribution in [3.8, 4) is 5.75 Å². The van der Waals surface area contributed by atoms with Gasteiger partial charge in [-0.05, 0) is 42.9 Å². The molecule has 24 heavy (non-hydrogen) atoms. The average Bonchev–Trinajstić information content (AvgIpc) is 2.56. The fourth-order valence-corrected chi connectivity index (χ4v) is 4.37. The summed E-state index contributed by atoms with van der Waals surface area (Å²) in [6.45, 7) is 1.03. The smallest absolute Gasteiger partial charge is 0.181 e. The molecule has 0 saturated carbocycles. The second-order valence-corrected chi connectivity index (χ2v) is 8.40. The molecule has 0 radical (unpaired) electrons. The van der Waals surface area contributed by atoms with E-state index in [0.29, 0.717) is 18.1 Å². The summed E-state index contributed by atoms with van der Waals surface area (Å²) >= 11 is 11.9. The summed E-state index contributed by atoms with van der Waals surface area (Å²) in [6, 6.07) is 12.1. The highest BCUT2D eigenvalue weighted by atomic mass is 35.5. The van der Waals surface area contributed by atoms with Crippen molar-refractivity contribution in [2.24, 2.45) is 0 Å². The van der Waals surface area contributed by atoms with Gasteiger partial charge in [0.15, 0.2) is 9.84 Å². The third kappa shape index (κ3) is 5.11.